The summed E-state index contributed by atoms with van der Waals surface area (Å²) >= 11 is 0. The molecule has 9 nitrogen and oxygen atoms in total. The van der Waals surface area contributed by atoms with Crippen LogP contribution in [0, 0.1) is 11.1 Å². The molecule has 1 saturated heterocycles. The van der Waals surface area contributed by atoms with Crippen LogP contribution in [0.3, 0.4) is 0 Å². The molecule has 2 aromatic carbocycles. The highest BCUT2D eigenvalue weighted by Crippen LogP contribution is 2.35. The van der Waals surface area contributed by atoms with Gasteiger partial charge in [0.1, 0.15) is 11.6 Å². The summed E-state index contributed by atoms with van der Waals surface area (Å²) in [6.07, 6.45) is -1.23. The number of ketones is 1. The largest absolute Gasteiger partial charge is 0.733 e. The third-order valence-electron chi connectivity index (χ3n) is 4.39. The van der Waals surface area contributed by atoms with Crippen LogP contribution < -0.4 is 10.1 Å². The summed E-state index contributed by atoms with van der Waals surface area (Å²) < 4.78 is 0. The number of imide groups is 1. The molecule has 2 atom stereocenters. The van der Waals surface area contributed by atoms with Crippen LogP contribution in [0.1, 0.15) is 10.4 Å². The van der Waals surface area contributed by atoms with Crippen molar-refractivity contribution in [2.75, 3.05) is 10.1 Å². The molecule has 0 aromatic heterocycles. The highest BCUT2D eigenvalue weighted by atomic mass is 16.8. The summed E-state index contributed by atoms with van der Waals surface area (Å²) in [5, 5.41) is 23.4. The van der Waals surface area contributed by atoms with Crippen molar-refractivity contribution < 1.29 is 24.4 Å². The molecular weight excluding hydrogens is 354 g/mol. The number of fused-ring (bicyclic) bond motifs is 1. The number of carbonyl (C=O) groups excluding carboxylic acids is 3. The van der Waals surface area contributed by atoms with E-state index in [-0.39, 0.29) is 22.3 Å². The van der Waals surface area contributed by atoms with E-state index in [1.807, 2.05) is 0 Å². The van der Waals surface area contributed by atoms with Crippen LogP contribution in [-0.2, 0) is 14.4 Å². The molecule has 1 N–H and O–H groups in total. The number of amides is 2. The molecule has 0 spiro atoms. The second-order valence-corrected chi connectivity index (χ2v) is 5.98. The van der Waals surface area contributed by atoms with Crippen molar-refractivity contribution in [1.29, 1.82) is 0 Å². The molecule has 2 heterocycles. The van der Waals surface area contributed by atoms with Crippen molar-refractivity contribution in [3.05, 3.63) is 65.4 Å². The van der Waals surface area contributed by atoms with Crippen molar-refractivity contribution in [2.45, 2.75) is 6.10 Å². The quantitative estimate of drug-likeness (QED) is 0.494. The summed E-state index contributed by atoms with van der Waals surface area (Å²) in [7, 11) is 0. The van der Waals surface area contributed by atoms with Crippen LogP contribution in [0.15, 0.2) is 59.8 Å². The Labute approximate surface area is 152 Å². The van der Waals surface area contributed by atoms with Crippen molar-refractivity contribution in [1.82, 2.24) is 0 Å². The second kappa shape index (κ2) is 6.31. The summed E-state index contributed by atoms with van der Waals surface area (Å²) in [5.41, 5.74) is 0.113. The number of nitrogens with zero attached hydrogens (tertiary/aromatic N) is 3. The zero-order valence-corrected chi connectivity index (χ0v) is 13.7. The number of carbonyl (C=O) groups is 3. The number of oxime groups is 1. The fourth-order valence-corrected chi connectivity index (χ4v) is 3.11. The molecule has 9 heteroatoms. The summed E-state index contributed by atoms with van der Waals surface area (Å²) in [5.74, 6) is -3.04. The van der Waals surface area contributed by atoms with Crippen molar-refractivity contribution in [3.63, 3.8) is 0 Å². The van der Waals surface area contributed by atoms with Gasteiger partial charge in [0.2, 0.25) is 17.8 Å². The lowest BCUT2D eigenvalue weighted by atomic mass is 9.93. The van der Waals surface area contributed by atoms with Gasteiger partial charge in [0.15, 0.2) is 0 Å². The average Bonchev–Trinajstić information content (AvgIpc) is 3.22. The molecule has 2 aromatic rings. The van der Waals surface area contributed by atoms with E-state index in [0.717, 1.165) is 4.90 Å². The number of hydrogen-bond acceptors (Lipinski definition) is 8. The second-order valence-electron chi connectivity index (χ2n) is 5.98. The van der Waals surface area contributed by atoms with Gasteiger partial charge in [0, 0.05) is 5.56 Å². The van der Waals surface area contributed by atoms with Crippen LogP contribution >= 0.6 is 0 Å². The van der Waals surface area contributed by atoms with Crippen molar-refractivity contribution in [3.8, 4) is 0 Å². The zero-order valence-electron chi connectivity index (χ0n) is 13.7. The Balaban J connectivity index is 1.67. The number of benzene rings is 2. The van der Waals surface area contributed by atoms with E-state index in [2.05, 4.69) is 5.16 Å². The van der Waals surface area contributed by atoms with Crippen LogP contribution in [0.5, 0.6) is 0 Å². The Hall–Kier alpha value is -3.56. The van der Waals surface area contributed by atoms with Gasteiger partial charge in [-0.25, -0.2) is 4.90 Å². The molecule has 136 valence electrons. The fraction of sp³-hybridized carbons (Fsp3) is 0.111. The third-order valence-corrected chi connectivity index (χ3v) is 4.39. The van der Waals surface area contributed by atoms with E-state index in [1.54, 1.807) is 30.3 Å². The Kier molecular flexibility index (Phi) is 3.94. The van der Waals surface area contributed by atoms with Gasteiger partial charge in [-0.3, -0.25) is 19.6 Å². The average molecular weight is 366 g/mol. The van der Waals surface area contributed by atoms with Gasteiger partial charge in [0.05, 0.1) is 11.4 Å². The number of Topliss-reactive ketones (excluding diaryl/α,β-unsaturated/α-hetero) is 1. The molecule has 27 heavy (non-hydrogen) atoms. The van der Waals surface area contributed by atoms with Crippen LogP contribution in [0.4, 0.5) is 11.4 Å². The van der Waals surface area contributed by atoms with E-state index in [0.29, 0.717) is 5.56 Å². The molecule has 0 bridgehead atoms. The van der Waals surface area contributed by atoms with E-state index in [4.69, 9.17) is 10.0 Å². The Morgan fingerprint density at radius 2 is 1.85 bits per heavy atom. The maximum absolute atomic E-state index is 12.9. The zero-order chi connectivity index (χ0) is 19.1. The first-order valence-electron chi connectivity index (χ1n) is 7.96. The Bertz CT molecular complexity index is 972. The lowest BCUT2D eigenvalue weighted by Gasteiger charge is -2.23. The van der Waals surface area contributed by atoms with Gasteiger partial charge in [-0.05, 0) is 18.2 Å². The topological polar surface area (TPSA) is 123 Å². The first kappa shape index (κ1) is 16.9. The predicted molar refractivity (Wildman–Crippen MR) is 93.1 cm³/mol. The van der Waals surface area contributed by atoms with Gasteiger partial charge in [0.25, 0.3) is 5.91 Å². The molecule has 0 radical (unpaired) electrons. The minimum absolute atomic E-state index is 0.0851. The summed E-state index contributed by atoms with van der Waals surface area (Å²) in [4.78, 5) is 44.0. The summed E-state index contributed by atoms with van der Waals surface area (Å²) in [6.45, 7) is 0. The molecule has 4 rings (SSSR count). The van der Waals surface area contributed by atoms with Gasteiger partial charge in [-0.15, -0.1) is 0 Å². The smallest absolute Gasteiger partial charge is 0.278 e. The minimum Gasteiger partial charge on any atom is -0.733 e. The monoisotopic (exact) mass is 366 g/mol. The number of hydrogen-bond donors (Lipinski definition) is 1. The number of anilines is 2. The van der Waals surface area contributed by atoms with Crippen LogP contribution in [0.25, 0.3) is 0 Å². The first-order chi connectivity index (χ1) is 13.0. The van der Waals surface area contributed by atoms with Crippen molar-refractivity contribution >= 4 is 34.7 Å². The highest BCUT2D eigenvalue weighted by Gasteiger charge is 2.57. The molecular formula is C18H12N3O6-. The van der Waals surface area contributed by atoms with Gasteiger partial charge < -0.3 is 15.3 Å². The van der Waals surface area contributed by atoms with Gasteiger partial charge >= 0.3 is 0 Å². The Morgan fingerprint density at radius 1 is 1.11 bits per heavy atom. The fourth-order valence-electron chi connectivity index (χ4n) is 3.11. The van der Waals surface area contributed by atoms with E-state index < -0.39 is 29.6 Å². The molecule has 0 saturated carbocycles. The molecule has 1 fully saturated rings. The Morgan fingerprint density at radius 3 is 2.56 bits per heavy atom. The predicted octanol–water partition coefficient (Wildman–Crippen LogP) is 1.51. The maximum atomic E-state index is 12.9. The van der Waals surface area contributed by atoms with Gasteiger partial charge in [-0.2, -0.15) is 0 Å². The van der Waals surface area contributed by atoms with E-state index in [9.17, 15) is 19.6 Å². The van der Waals surface area contributed by atoms with Crippen LogP contribution in [-0.4, -0.2) is 34.6 Å². The highest BCUT2D eigenvalue weighted by molar-refractivity contribution is 6.52. The van der Waals surface area contributed by atoms with E-state index in [1.165, 1.54) is 24.3 Å². The molecule has 2 aliphatic heterocycles. The van der Waals surface area contributed by atoms with Crippen molar-refractivity contribution in [2.24, 2.45) is 11.1 Å². The van der Waals surface area contributed by atoms with E-state index >= 15 is 0 Å². The normalized spacial score (nSPS) is 21.0. The SMILES string of the molecule is O=C(C1=NOC2C(=O)N(c3cccc(N([O-])O)c3)C(=O)C12)c1ccccc1. The third kappa shape index (κ3) is 2.65. The molecule has 2 aliphatic rings. The van der Waals surface area contributed by atoms with Gasteiger partial charge in [-0.1, -0.05) is 41.6 Å². The maximum Gasteiger partial charge on any atom is 0.278 e. The molecule has 2 unspecified atom stereocenters. The lowest BCUT2D eigenvalue weighted by Crippen LogP contribution is -2.34. The van der Waals surface area contributed by atoms with Crippen LogP contribution in [0.2, 0.25) is 0 Å². The minimum atomic E-state index is -1.23. The molecule has 0 aliphatic carbocycles. The summed E-state index contributed by atoms with van der Waals surface area (Å²) in [6, 6.07) is 13.6. The first-order valence-corrected chi connectivity index (χ1v) is 7.96. The number of rotatable bonds is 4. The molecule has 2 amide bonds. The standard InChI is InChI=1S/C18H12N3O6/c22-15(10-5-2-1-3-6-10)14-13-16(27-19-14)18(24)20(17(13)23)11-7-4-8-12(9-11)21(25)26/h1-9,13,16,25H/q-1. The lowest BCUT2D eigenvalue weighted by molar-refractivity contribution is -0.126.